The first-order chi connectivity index (χ1) is 14.1. The van der Waals surface area contributed by atoms with Crippen LogP contribution in [0.1, 0.15) is 19.4 Å². The maximum atomic E-state index is 4.22. The number of thioether (sulfide) groups is 2. The topological polar surface area (TPSA) is 6.48 Å². The standard InChI is InChI=1S/C25H30N2S2/c1-5-26(6-2)18-19-27-22-14-8-10-16-24(22)29-25(27)17-11-13-21(4)28-23-15-9-7-12-20(23)3/h7-17H,4-6,18-19H2,1-3H3/b13-11+,25-17-. The number of anilines is 1. The van der Waals surface area contributed by atoms with Crippen molar-refractivity contribution in [2.24, 2.45) is 0 Å². The van der Waals surface area contributed by atoms with Crippen molar-refractivity contribution in [3.63, 3.8) is 0 Å². The molecule has 0 saturated carbocycles. The Morgan fingerprint density at radius 2 is 1.83 bits per heavy atom. The van der Waals surface area contributed by atoms with Gasteiger partial charge in [-0.1, -0.05) is 80.4 Å². The second-order valence-electron chi connectivity index (χ2n) is 6.95. The summed E-state index contributed by atoms with van der Waals surface area (Å²) in [6.07, 6.45) is 6.46. The van der Waals surface area contributed by atoms with Gasteiger partial charge >= 0.3 is 0 Å². The van der Waals surface area contributed by atoms with Crippen LogP contribution in [0.25, 0.3) is 0 Å². The molecule has 0 bridgehead atoms. The smallest absolute Gasteiger partial charge is 0.0801 e. The van der Waals surface area contributed by atoms with Crippen LogP contribution in [0.4, 0.5) is 5.69 Å². The summed E-state index contributed by atoms with van der Waals surface area (Å²) >= 11 is 3.57. The molecule has 4 heteroatoms. The highest BCUT2D eigenvalue weighted by Crippen LogP contribution is 2.45. The first-order valence-corrected chi connectivity index (χ1v) is 11.8. The lowest BCUT2D eigenvalue weighted by molar-refractivity contribution is 0.312. The van der Waals surface area contributed by atoms with E-state index < -0.39 is 0 Å². The molecule has 1 aliphatic heterocycles. The largest absolute Gasteiger partial charge is 0.334 e. The third-order valence-corrected chi connectivity index (χ3v) is 7.23. The van der Waals surface area contributed by atoms with Crippen molar-refractivity contribution in [3.05, 3.63) is 88.8 Å². The molecule has 2 aromatic carbocycles. The molecule has 2 nitrogen and oxygen atoms in total. The molecule has 0 fully saturated rings. The fraction of sp³-hybridized carbons (Fsp3) is 0.280. The molecule has 152 valence electrons. The third kappa shape index (κ3) is 5.81. The average Bonchev–Trinajstić information content (AvgIpc) is 3.08. The molecule has 29 heavy (non-hydrogen) atoms. The fourth-order valence-corrected chi connectivity index (χ4v) is 5.18. The van der Waals surface area contributed by atoms with Crippen LogP contribution in [0.3, 0.4) is 0 Å². The van der Waals surface area contributed by atoms with E-state index in [0.29, 0.717) is 0 Å². The molecule has 0 spiro atoms. The van der Waals surface area contributed by atoms with Crippen molar-refractivity contribution in [2.45, 2.75) is 30.6 Å². The number of hydrogen-bond donors (Lipinski definition) is 0. The molecule has 1 aliphatic rings. The van der Waals surface area contributed by atoms with Crippen molar-refractivity contribution in [1.82, 2.24) is 4.90 Å². The summed E-state index contributed by atoms with van der Waals surface area (Å²) in [5.74, 6) is 0. The van der Waals surface area contributed by atoms with Crippen LogP contribution < -0.4 is 4.90 Å². The number of aryl methyl sites for hydroxylation is 1. The Morgan fingerprint density at radius 3 is 2.59 bits per heavy atom. The van der Waals surface area contributed by atoms with Gasteiger partial charge in [-0.2, -0.15) is 0 Å². The van der Waals surface area contributed by atoms with Crippen LogP contribution in [-0.2, 0) is 0 Å². The van der Waals surface area contributed by atoms with Crippen LogP contribution >= 0.6 is 23.5 Å². The number of allylic oxidation sites excluding steroid dienone is 3. The molecule has 1 heterocycles. The number of benzene rings is 2. The van der Waals surface area contributed by atoms with Gasteiger partial charge in [0, 0.05) is 27.8 Å². The van der Waals surface area contributed by atoms with Crippen LogP contribution in [0.15, 0.2) is 93.1 Å². The highest BCUT2D eigenvalue weighted by atomic mass is 32.2. The number of likely N-dealkylation sites (N-methyl/N-ethyl adjacent to an activating group) is 1. The molecule has 0 radical (unpaired) electrons. The Bertz CT molecular complexity index is 897. The van der Waals surface area contributed by atoms with Gasteiger partial charge < -0.3 is 9.80 Å². The lowest BCUT2D eigenvalue weighted by Crippen LogP contribution is -2.33. The molecule has 0 aromatic heterocycles. The minimum absolute atomic E-state index is 1.00. The summed E-state index contributed by atoms with van der Waals surface area (Å²) in [6.45, 7) is 15.1. The predicted octanol–water partition coefficient (Wildman–Crippen LogP) is 6.95. The van der Waals surface area contributed by atoms with Crippen LogP contribution in [0.5, 0.6) is 0 Å². The number of fused-ring (bicyclic) bond motifs is 1. The van der Waals surface area contributed by atoms with Gasteiger partial charge in [0.1, 0.15) is 0 Å². The highest BCUT2D eigenvalue weighted by Gasteiger charge is 2.24. The Kier molecular flexibility index (Phi) is 8.10. The van der Waals surface area contributed by atoms with Crippen LogP contribution in [0.2, 0.25) is 0 Å². The Morgan fingerprint density at radius 1 is 1.10 bits per heavy atom. The summed E-state index contributed by atoms with van der Waals surface area (Å²) < 4.78 is 0. The lowest BCUT2D eigenvalue weighted by atomic mass is 10.2. The van der Waals surface area contributed by atoms with E-state index in [1.165, 1.54) is 26.1 Å². The second kappa shape index (κ2) is 10.8. The summed E-state index contributed by atoms with van der Waals surface area (Å²) in [6, 6.07) is 17.1. The quantitative estimate of drug-likeness (QED) is 0.318. The molecular weight excluding hydrogens is 392 g/mol. The fourth-order valence-electron chi connectivity index (χ4n) is 3.27. The summed E-state index contributed by atoms with van der Waals surface area (Å²) in [5.41, 5.74) is 2.60. The van der Waals surface area contributed by atoms with E-state index in [9.17, 15) is 0 Å². The van der Waals surface area contributed by atoms with Crippen molar-refractivity contribution in [1.29, 1.82) is 0 Å². The van der Waals surface area contributed by atoms with Crippen molar-refractivity contribution in [2.75, 3.05) is 31.1 Å². The predicted molar refractivity (Wildman–Crippen MR) is 131 cm³/mol. The second-order valence-corrected chi connectivity index (χ2v) is 9.18. The zero-order valence-electron chi connectivity index (χ0n) is 17.6. The third-order valence-electron chi connectivity index (χ3n) is 5.03. The van der Waals surface area contributed by atoms with E-state index in [-0.39, 0.29) is 0 Å². The zero-order chi connectivity index (χ0) is 20.6. The summed E-state index contributed by atoms with van der Waals surface area (Å²) in [5, 5.41) is 1.28. The maximum Gasteiger partial charge on any atom is 0.0801 e. The van der Waals surface area contributed by atoms with E-state index >= 15 is 0 Å². The van der Waals surface area contributed by atoms with Gasteiger partial charge in [0.2, 0.25) is 0 Å². The molecule has 0 aliphatic carbocycles. The minimum Gasteiger partial charge on any atom is -0.334 e. The van der Waals surface area contributed by atoms with Gasteiger partial charge in [0.15, 0.2) is 0 Å². The molecule has 2 aromatic rings. The first-order valence-electron chi connectivity index (χ1n) is 10.2. The van der Waals surface area contributed by atoms with Gasteiger partial charge in [-0.15, -0.1) is 0 Å². The molecule has 0 amide bonds. The van der Waals surface area contributed by atoms with Crippen LogP contribution in [-0.4, -0.2) is 31.1 Å². The van der Waals surface area contributed by atoms with Gasteiger partial charge in [-0.3, -0.25) is 0 Å². The minimum atomic E-state index is 1.00. The van der Waals surface area contributed by atoms with E-state index in [1.807, 2.05) is 11.8 Å². The molecule has 0 N–H and O–H groups in total. The number of nitrogens with zero attached hydrogens (tertiary/aromatic N) is 2. The molecule has 3 rings (SSSR count). The highest BCUT2D eigenvalue weighted by molar-refractivity contribution is 8.03. The van der Waals surface area contributed by atoms with Crippen molar-refractivity contribution < 1.29 is 0 Å². The van der Waals surface area contributed by atoms with Crippen molar-refractivity contribution >= 4 is 29.2 Å². The number of rotatable bonds is 9. The van der Waals surface area contributed by atoms with E-state index in [2.05, 4.69) is 104 Å². The van der Waals surface area contributed by atoms with Gasteiger partial charge in [-0.05, 0) is 55.9 Å². The van der Waals surface area contributed by atoms with Gasteiger partial charge in [0.05, 0.1) is 10.7 Å². The van der Waals surface area contributed by atoms with E-state index in [4.69, 9.17) is 0 Å². The number of para-hydroxylation sites is 1. The van der Waals surface area contributed by atoms with E-state index in [1.54, 1.807) is 11.8 Å². The Hall–Kier alpha value is -1.88. The SMILES string of the molecule is C=C(/C=C/C=C1\Sc2ccccc2N1CCN(CC)CC)Sc1ccccc1C. The number of hydrogen-bond acceptors (Lipinski definition) is 4. The monoisotopic (exact) mass is 422 g/mol. The molecule has 0 saturated heterocycles. The molecule has 0 unspecified atom stereocenters. The summed E-state index contributed by atoms with van der Waals surface area (Å²) in [7, 11) is 0. The average molecular weight is 423 g/mol. The zero-order valence-corrected chi connectivity index (χ0v) is 19.2. The van der Waals surface area contributed by atoms with Crippen molar-refractivity contribution in [3.8, 4) is 0 Å². The Balaban J connectivity index is 1.70. The summed E-state index contributed by atoms with van der Waals surface area (Å²) in [4.78, 5) is 8.56. The molecule has 0 atom stereocenters. The normalized spacial score (nSPS) is 14.9. The van der Waals surface area contributed by atoms with Crippen LogP contribution in [0, 0.1) is 6.92 Å². The van der Waals surface area contributed by atoms with E-state index in [0.717, 1.165) is 31.1 Å². The van der Waals surface area contributed by atoms with Gasteiger partial charge in [0.25, 0.3) is 0 Å². The Labute approximate surface area is 184 Å². The van der Waals surface area contributed by atoms with Gasteiger partial charge in [-0.25, -0.2) is 0 Å². The first kappa shape index (κ1) is 21.8. The lowest BCUT2D eigenvalue weighted by Gasteiger charge is -2.25. The maximum absolute atomic E-state index is 4.22. The molecular formula is C25H30N2S2.